The summed E-state index contributed by atoms with van der Waals surface area (Å²) < 4.78 is 13.9. The minimum atomic E-state index is -1.40. The van der Waals surface area contributed by atoms with E-state index in [4.69, 9.17) is 10.2 Å². The van der Waals surface area contributed by atoms with E-state index >= 15 is 0 Å². The van der Waals surface area contributed by atoms with Crippen molar-refractivity contribution in [2.75, 3.05) is 11.9 Å². The number of carboxylic acid groups (broad SMARTS) is 1. The Balaban J connectivity index is 2.63. The van der Waals surface area contributed by atoms with Crippen molar-refractivity contribution in [2.24, 2.45) is 0 Å². The lowest BCUT2D eigenvalue weighted by Crippen LogP contribution is -2.33. The Kier molecular flexibility index (Phi) is 3.94. The topological polar surface area (TPSA) is 126 Å². The first-order valence-corrected chi connectivity index (χ1v) is 5.77. The van der Waals surface area contributed by atoms with Crippen LogP contribution in [0.5, 0.6) is 0 Å². The summed E-state index contributed by atoms with van der Waals surface area (Å²) in [6, 6.07) is 1.78. The van der Waals surface area contributed by atoms with E-state index in [1.165, 1.54) is 12.3 Å². The number of nitro benzene ring substituents is 1. The molecule has 0 radical (unpaired) electrons. The van der Waals surface area contributed by atoms with E-state index in [1.807, 2.05) is 0 Å². The highest BCUT2D eigenvalue weighted by molar-refractivity contribution is 5.98. The first-order valence-electron chi connectivity index (χ1n) is 5.77. The smallest absolute Gasteiger partial charge is 0.328 e. The van der Waals surface area contributed by atoms with Gasteiger partial charge in [0.05, 0.1) is 22.3 Å². The molecule has 2 rings (SSSR count). The van der Waals surface area contributed by atoms with Crippen molar-refractivity contribution >= 4 is 28.2 Å². The predicted octanol–water partition coefficient (Wildman–Crippen LogP) is 1.14. The molecule has 110 valence electrons. The number of carbonyl (C=O) groups is 1. The third-order valence-electron chi connectivity index (χ3n) is 2.84. The Hall–Kier alpha value is -2.81. The standard InChI is InChI=1S/C12H10FN3O5/c13-7-1-2-9(16(20)21)6-3-4-14-11(10(6)7)15-8(5-17)12(18)19/h1-4,8,17H,5H2,(H,14,15)(H,18,19). The highest BCUT2D eigenvalue weighted by Crippen LogP contribution is 2.31. The van der Waals surface area contributed by atoms with Gasteiger partial charge in [-0.15, -0.1) is 0 Å². The Morgan fingerprint density at radius 2 is 2.19 bits per heavy atom. The molecule has 0 fully saturated rings. The van der Waals surface area contributed by atoms with Crippen LogP contribution in [0.15, 0.2) is 24.4 Å². The van der Waals surface area contributed by atoms with E-state index in [0.29, 0.717) is 0 Å². The SMILES string of the molecule is O=C(O)C(CO)Nc1nccc2c([N+](=O)[O-])ccc(F)c12. The molecule has 21 heavy (non-hydrogen) atoms. The fourth-order valence-corrected chi connectivity index (χ4v) is 1.86. The zero-order valence-corrected chi connectivity index (χ0v) is 10.5. The molecule has 0 aliphatic rings. The van der Waals surface area contributed by atoms with E-state index in [0.717, 1.165) is 12.1 Å². The van der Waals surface area contributed by atoms with Crippen molar-refractivity contribution in [1.82, 2.24) is 4.98 Å². The molecular formula is C12H10FN3O5. The van der Waals surface area contributed by atoms with Crippen LogP contribution in [0.25, 0.3) is 10.8 Å². The molecule has 0 aliphatic heterocycles. The lowest BCUT2D eigenvalue weighted by molar-refractivity contribution is -0.383. The van der Waals surface area contributed by atoms with E-state index in [1.54, 1.807) is 0 Å². The number of hydrogen-bond donors (Lipinski definition) is 3. The van der Waals surface area contributed by atoms with Crippen molar-refractivity contribution in [1.29, 1.82) is 0 Å². The normalized spacial score (nSPS) is 12.1. The van der Waals surface area contributed by atoms with E-state index < -0.39 is 29.4 Å². The maximum atomic E-state index is 13.9. The van der Waals surface area contributed by atoms with Crippen molar-refractivity contribution in [2.45, 2.75) is 6.04 Å². The maximum Gasteiger partial charge on any atom is 0.328 e. The summed E-state index contributed by atoms with van der Waals surface area (Å²) in [6.45, 7) is -0.746. The number of nitro groups is 1. The van der Waals surface area contributed by atoms with Crippen LogP contribution in [0.1, 0.15) is 0 Å². The number of aliphatic hydroxyl groups excluding tert-OH is 1. The van der Waals surface area contributed by atoms with Crippen molar-refractivity contribution in [3.8, 4) is 0 Å². The number of rotatable bonds is 5. The molecule has 0 aliphatic carbocycles. The Labute approximate surface area is 117 Å². The van der Waals surface area contributed by atoms with Gasteiger partial charge < -0.3 is 15.5 Å². The summed E-state index contributed by atoms with van der Waals surface area (Å²) in [6.07, 6.45) is 1.19. The molecule has 1 unspecified atom stereocenters. The second-order valence-corrected chi connectivity index (χ2v) is 4.12. The summed E-state index contributed by atoms with van der Waals surface area (Å²) >= 11 is 0. The number of benzene rings is 1. The summed E-state index contributed by atoms with van der Waals surface area (Å²) in [7, 11) is 0. The molecule has 8 nitrogen and oxygen atoms in total. The number of non-ortho nitro benzene ring substituents is 1. The molecule has 1 heterocycles. The molecule has 9 heteroatoms. The van der Waals surface area contributed by atoms with Gasteiger partial charge in [0.25, 0.3) is 5.69 Å². The number of hydrogen-bond acceptors (Lipinski definition) is 6. The third-order valence-corrected chi connectivity index (χ3v) is 2.84. The molecule has 0 saturated carbocycles. The second-order valence-electron chi connectivity index (χ2n) is 4.12. The lowest BCUT2D eigenvalue weighted by Gasteiger charge is -2.14. The van der Waals surface area contributed by atoms with Crippen molar-refractivity contribution < 1.29 is 24.3 Å². The van der Waals surface area contributed by atoms with Crippen LogP contribution in [0, 0.1) is 15.9 Å². The Morgan fingerprint density at radius 3 is 2.76 bits per heavy atom. The Morgan fingerprint density at radius 1 is 1.48 bits per heavy atom. The number of anilines is 1. The number of aliphatic hydroxyl groups is 1. The summed E-state index contributed by atoms with van der Waals surface area (Å²) in [5.41, 5.74) is -0.326. The van der Waals surface area contributed by atoms with Gasteiger partial charge in [0.1, 0.15) is 17.7 Å². The number of aromatic nitrogens is 1. The fourth-order valence-electron chi connectivity index (χ4n) is 1.86. The van der Waals surface area contributed by atoms with Crippen LogP contribution in [0.2, 0.25) is 0 Å². The first kappa shape index (κ1) is 14.6. The number of aliphatic carboxylic acids is 1. The van der Waals surface area contributed by atoms with Crippen LogP contribution in [0.4, 0.5) is 15.9 Å². The number of nitrogens with zero attached hydrogens (tertiary/aromatic N) is 2. The first-order chi connectivity index (χ1) is 9.95. The van der Waals surface area contributed by atoms with Gasteiger partial charge in [-0.2, -0.15) is 0 Å². The quantitative estimate of drug-likeness (QED) is 0.557. The molecule has 1 atom stereocenters. The zero-order chi connectivity index (χ0) is 15.6. The predicted molar refractivity (Wildman–Crippen MR) is 70.5 cm³/mol. The third kappa shape index (κ3) is 2.72. The highest BCUT2D eigenvalue weighted by atomic mass is 19.1. The largest absolute Gasteiger partial charge is 0.480 e. The second kappa shape index (κ2) is 5.67. The van der Waals surface area contributed by atoms with Gasteiger partial charge in [-0.05, 0) is 12.1 Å². The minimum absolute atomic E-state index is 0.0143. The molecule has 0 spiro atoms. The Bertz CT molecular complexity index is 721. The van der Waals surface area contributed by atoms with Gasteiger partial charge in [-0.1, -0.05) is 0 Å². The number of carboxylic acids is 1. The molecule has 1 aromatic carbocycles. The monoisotopic (exact) mass is 295 g/mol. The average Bonchev–Trinajstić information content (AvgIpc) is 2.44. The molecule has 0 amide bonds. The summed E-state index contributed by atoms with van der Waals surface area (Å²) in [5.74, 6) is -2.33. The molecule has 2 aromatic rings. The van der Waals surface area contributed by atoms with Gasteiger partial charge in [0.2, 0.25) is 0 Å². The van der Waals surface area contributed by atoms with Gasteiger partial charge in [0.15, 0.2) is 0 Å². The highest BCUT2D eigenvalue weighted by Gasteiger charge is 2.21. The van der Waals surface area contributed by atoms with Crippen LogP contribution in [-0.4, -0.2) is 38.7 Å². The summed E-state index contributed by atoms with van der Waals surface area (Å²) in [4.78, 5) is 24.9. The van der Waals surface area contributed by atoms with Gasteiger partial charge >= 0.3 is 5.97 Å². The lowest BCUT2D eigenvalue weighted by atomic mass is 10.1. The zero-order valence-electron chi connectivity index (χ0n) is 10.5. The van der Waals surface area contributed by atoms with E-state index in [9.17, 15) is 19.3 Å². The number of nitrogens with one attached hydrogen (secondary N) is 1. The maximum absolute atomic E-state index is 13.9. The average molecular weight is 295 g/mol. The van der Waals surface area contributed by atoms with Crippen LogP contribution >= 0.6 is 0 Å². The van der Waals surface area contributed by atoms with Gasteiger partial charge in [-0.3, -0.25) is 10.1 Å². The molecule has 0 saturated heterocycles. The summed E-state index contributed by atoms with van der Waals surface area (Å²) in [5, 5.41) is 30.9. The van der Waals surface area contributed by atoms with Crippen molar-refractivity contribution in [3.63, 3.8) is 0 Å². The molecule has 1 aromatic heterocycles. The van der Waals surface area contributed by atoms with Gasteiger partial charge in [-0.25, -0.2) is 14.2 Å². The van der Waals surface area contributed by atoms with Gasteiger partial charge in [0, 0.05) is 12.3 Å². The van der Waals surface area contributed by atoms with E-state index in [2.05, 4.69) is 10.3 Å². The molecular weight excluding hydrogens is 285 g/mol. The number of pyridine rings is 1. The number of fused-ring (bicyclic) bond motifs is 1. The van der Waals surface area contributed by atoms with Crippen LogP contribution in [0.3, 0.4) is 0 Å². The molecule has 3 N–H and O–H groups in total. The number of halogens is 1. The fraction of sp³-hybridized carbons (Fsp3) is 0.167. The van der Waals surface area contributed by atoms with E-state index in [-0.39, 0.29) is 22.3 Å². The van der Waals surface area contributed by atoms with Crippen molar-refractivity contribution in [3.05, 3.63) is 40.3 Å². The molecule has 0 bridgehead atoms. The van der Waals surface area contributed by atoms with Crippen LogP contribution < -0.4 is 5.32 Å². The minimum Gasteiger partial charge on any atom is -0.480 e. The van der Waals surface area contributed by atoms with Crippen LogP contribution in [-0.2, 0) is 4.79 Å².